The molecule has 0 atom stereocenters. The molecule has 0 aliphatic rings. The summed E-state index contributed by atoms with van der Waals surface area (Å²) in [5.41, 5.74) is 3.60. The highest BCUT2D eigenvalue weighted by Gasteiger charge is 2.07. The molecular formula is C11H17N3. The van der Waals surface area contributed by atoms with E-state index in [1.54, 1.807) is 0 Å². The monoisotopic (exact) mass is 191 g/mol. The van der Waals surface area contributed by atoms with E-state index < -0.39 is 0 Å². The highest BCUT2D eigenvalue weighted by Crippen LogP contribution is 2.10. The summed E-state index contributed by atoms with van der Waals surface area (Å²) in [7, 11) is 1.97. The highest BCUT2D eigenvalue weighted by atomic mass is 15.3. The molecular weight excluding hydrogens is 174 g/mol. The third-order valence-electron chi connectivity index (χ3n) is 2.41. The van der Waals surface area contributed by atoms with Gasteiger partial charge in [0.1, 0.15) is 0 Å². The predicted octanol–water partition coefficient (Wildman–Crippen LogP) is 1.15. The molecule has 0 spiro atoms. The molecule has 1 rings (SSSR count). The molecule has 0 aliphatic carbocycles. The Kier molecular flexibility index (Phi) is 3.73. The van der Waals surface area contributed by atoms with Crippen LogP contribution in [0.15, 0.2) is 0 Å². The summed E-state index contributed by atoms with van der Waals surface area (Å²) >= 11 is 0. The van der Waals surface area contributed by atoms with Crippen molar-refractivity contribution in [2.75, 3.05) is 6.54 Å². The Bertz CT molecular complexity index is 344. The number of hydrogen-bond acceptors (Lipinski definition) is 2. The van der Waals surface area contributed by atoms with E-state index in [1.165, 1.54) is 11.3 Å². The van der Waals surface area contributed by atoms with E-state index in [9.17, 15) is 0 Å². The Hall–Kier alpha value is -1.27. The van der Waals surface area contributed by atoms with Crippen LogP contribution in [0.3, 0.4) is 0 Å². The number of nitrogens with zero attached hydrogens (tertiary/aromatic N) is 2. The fourth-order valence-electron chi connectivity index (χ4n) is 1.45. The van der Waals surface area contributed by atoms with Gasteiger partial charge in [-0.25, -0.2) is 0 Å². The highest BCUT2D eigenvalue weighted by molar-refractivity contribution is 5.23. The van der Waals surface area contributed by atoms with Gasteiger partial charge in [-0.15, -0.1) is 12.3 Å². The Morgan fingerprint density at radius 3 is 2.71 bits per heavy atom. The summed E-state index contributed by atoms with van der Waals surface area (Å²) in [6, 6.07) is 0. The second-order valence-corrected chi connectivity index (χ2v) is 3.40. The number of hydrogen-bond donors (Lipinski definition) is 1. The summed E-state index contributed by atoms with van der Waals surface area (Å²) in [6.45, 7) is 5.83. The molecule has 1 N–H and O–H groups in total. The Labute approximate surface area is 85.5 Å². The molecule has 0 amide bonds. The van der Waals surface area contributed by atoms with Crippen LogP contribution in [-0.4, -0.2) is 16.3 Å². The second-order valence-electron chi connectivity index (χ2n) is 3.40. The number of rotatable bonds is 4. The van der Waals surface area contributed by atoms with E-state index in [-0.39, 0.29) is 0 Å². The van der Waals surface area contributed by atoms with E-state index in [2.05, 4.69) is 23.3 Å². The molecule has 3 heteroatoms. The van der Waals surface area contributed by atoms with Crippen molar-refractivity contribution in [2.45, 2.75) is 26.8 Å². The van der Waals surface area contributed by atoms with Crippen molar-refractivity contribution in [3.8, 4) is 12.3 Å². The minimum absolute atomic E-state index is 0.776. The third-order valence-corrected chi connectivity index (χ3v) is 2.41. The maximum absolute atomic E-state index is 5.17. The van der Waals surface area contributed by atoms with Gasteiger partial charge in [0.15, 0.2) is 0 Å². The van der Waals surface area contributed by atoms with Crippen LogP contribution in [0.1, 0.15) is 23.4 Å². The molecule has 0 saturated carbocycles. The van der Waals surface area contributed by atoms with Crippen LogP contribution in [0, 0.1) is 26.2 Å². The van der Waals surface area contributed by atoms with E-state index in [1.807, 2.05) is 18.7 Å². The van der Waals surface area contributed by atoms with Gasteiger partial charge >= 0.3 is 0 Å². The molecule has 0 aromatic carbocycles. The Morgan fingerprint density at radius 2 is 2.21 bits per heavy atom. The van der Waals surface area contributed by atoms with Crippen LogP contribution in [0.25, 0.3) is 0 Å². The van der Waals surface area contributed by atoms with E-state index >= 15 is 0 Å². The quantitative estimate of drug-likeness (QED) is 0.571. The van der Waals surface area contributed by atoms with Gasteiger partial charge in [0.25, 0.3) is 0 Å². The molecule has 1 heterocycles. The van der Waals surface area contributed by atoms with Crippen LogP contribution in [0.5, 0.6) is 0 Å². The van der Waals surface area contributed by atoms with Crippen LogP contribution < -0.4 is 5.32 Å². The SMILES string of the molecule is C#CCCNCc1c(C)nn(C)c1C. The summed E-state index contributed by atoms with van der Waals surface area (Å²) in [5.74, 6) is 2.61. The largest absolute Gasteiger partial charge is 0.312 e. The number of terminal acetylenes is 1. The zero-order valence-electron chi connectivity index (χ0n) is 9.09. The summed E-state index contributed by atoms with van der Waals surface area (Å²) < 4.78 is 1.91. The smallest absolute Gasteiger partial charge is 0.0641 e. The molecule has 1 aromatic heterocycles. The van der Waals surface area contributed by atoms with Crippen LogP contribution in [0.2, 0.25) is 0 Å². The first kappa shape index (κ1) is 10.8. The zero-order valence-corrected chi connectivity index (χ0v) is 9.09. The van der Waals surface area contributed by atoms with Gasteiger partial charge < -0.3 is 5.32 Å². The van der Waals surface area contributed by atoms with Crippen molar-refractivity contribution >= 4 is 0 Å². The lowest BCUT2D eigenvalue weighted by Gasteiger charge is -2.02. The Morgan fingerprint density at radius 1 is 1.50 bits per heavy atom. The lowest BCUT2D eigenvalue weighted by Crippen LogP contribution is -2.15. The van der Waals surface area contributed by atoms with Gasteiger partial charge in [0.2, 0.25) is 0 Å². The average Bonchev–Trinajstić information content (AvgIpc) is 2.38. The van der Waals surface area contributed by atoms with E-state index in [0.29, 0.717) is 0 Å². The van der Waals surface area contributed by atoms with Crippen molar-refractivity contribution in [3.05, 3.63) is 17.0 Å². The average molecular weight is 191 g/mol. The molecule has 14 heavy (non-hydrogen) atoms. The van der Waals surface area contributed by atoms with Gasteiger partial charge in [-0.05, 0) is 13.8 Å². The number of aromatic nitrogens is 2. The fraction of sp³-hybridized carbons (Fsp3) is 0.545. The first-order valence-corrected chi connectivity index (χ1v) is 4.80. The minimum atomic E-state index is 0.776. The number of aryl methyl sites for hydroxylation is 2. The number of nitrogens with one attached hydrogen (secondary N) is 1. The molecule has 0 bridgehead atoms. The van der Waals surface area contributed by atoms with E-state index in [0.717, 1.165) is 25.2 Å². The van der Waals surface area contributed by atoms with Gasteiger partial charge in [0.05, 0.1) is 5.69 Å². The summed E-state index contributed by atoms with van der Waals surface area (Å²) in [5, 5.41) is 7.65. The molecule has 0 unspecified atom stereocenters. The molecule has 0 fully saturated rings. The van der Waals surface area contributed by atoms with Crippen molar-refractivity contribution in [2.24, 2.45) is 7.05 Å². The van der Waals surface area contributed by atoms with Crippen molar-refractivity contribution in [1.29, 1.82) is 0 Å². The van der Waals surface area contributed by atoms with Crippen LogP contribution in [-0.2, 0) is 13.6 Å². The maximum atomic E-state index is 5.17. The lowest BCUT2D eigenvalue weighted by atomic mass is 10.2. The van der Waals surface area contributed by atoms with Crippen LogP contribution >= 0.6 is 0 Å². The lowest BCUT2D eigenvalue weighted by molar-refractivity contribution is 0.691. The second kappa shape index (κ2) is 4.83. The van der Waals surface area contributed by atoms with Gasteiger partial charge in [-0.3, -0.25) is 4.68 Å². The van der Waals surface area contributed by atoms with E-state index in [4.69, 9.17) is 6.42 Å². The molecule has 3 nitrogen and oxygen atoms in total. The minimum Gasteiger partial charge on any atom is -0.312 e. The molecule has 0 saturated heterocycles. The summed E-state index contributed by atoms with van der Waals surface area (Å²) in [6.07, 6.45) is 5.94. The van der Waals surface area contributed by atoms with Gasteiger partial charge in [-0.2, -0.15) is 5.10 Å². The molecule has 1 aromatic rings. The van der Waals surface area contributed by atoms with Gasteiger partial charge in [0, 0.05) is 37.8 Å². The van der Waals surface area contributed by atoms with Crippen LogP contribution in [0.4, 0.5) is 0 Å². The first-order chi connectivity index (χ1) is 6.66. The zero-order chi connectivity index (χ0) is 10.6. The van der Waals surface area contributed by atoms with Crippen molar-refractivity contribution in [1.82, 2.24) is 15.1 Å². The maximum Gasteiger partial charge on any atom is 0.0641 e. The summed E-state index contributed by atoms with van der Waals surface area (Å²) in [4.78, 5) is 0. The topological polar surface area (TPSA) is 29.9 Å². The standard InChI is InChI=1S/C11H17N3/c1-5-6-7-12-8-11-9(2)13-14(4)10(11)3/h1,12H,6-8H2,2-4H3. The molecule has 0 radical (unpaired) electrons. The normalized spacial score (nSPS) is 10.1. The van der Waals surface area contributed by atoms with Crippen molar-refractivity contribution < 1.29 is 0 Å². The first-order valence-electron chi connectivity index (χ1n) is 4.80. The predicted molar refractivity (Wildman–Crippen MR) is 57.8 cm³/mol. The molecule has 76 valence electrons. The van der Waals surface area contributed by atoms with Gasteiger partial charge in [-0.1, -0.05) is 0 Å². The third kappa shape index (κ3) is 2.36. The molecule has 0 aliphatic heterocycles. The fourth-order valence-corrected chi connectivity index (χ4v) is 1.45. The Balaban J connectivity index is 2.55. The van der Waals surface area contributed by atoms with Crippen molar-refractivity contribution in [3.63, 3.8) is 0 Å².